The Hall–Kier alpha value is -0.870. The van der Waals surface area contributed by atoms with E-state index in [9.17, 15) is 0 Å². The minimum absolute atomic E-state index is 0.443. The van der Waals surface area contributed by atoms with Crippen molar-refractivity contribution in [3.05, 3.63) is 18.0 Å². The molecule has 0 N–H and O–H groups in total. The van der Waals surface area contributed by atoms with Gasteiger partial charge in [0, 0.05) is 26.3 Å². The first-order valence-corrected chi connectivity index (χ1v) is 8.86. The summed E-state index contributed by atoms with van der Waals surface area (Å²) < 4.78 is 7.20. The highest BCUT2D eigenvalue weighted by Crippen LogP contribution is 2.09. The van der Waals surface area contributed by atoms with Gasteiger partial charge in [0.1, 0.15) is 0 Å². The lowest BCUT2D eigenvalue weighted by molar-refractivity contribution is -0.0162. The number of nitrogens with zero attached hydrogens (tertiary/aromatic N) is 3. The van der Waals surface area contributed by atoms with E-state index in [2.05, 4.69) is 37.7 Å². The molecule has 0 radical (unpaired) electrons. The highest BCUT2D eigenvalue weighted by Gasteiger charge is 2.13. The molecule has 4 nitrogen and oxygen atoms in total. The van der Waals surface area contributed by atoms with Gasteiger partial charge in [-0.15, -0.1) is 0 Å². The molecular weight excluding hydrogens is 274 g/mol. The molecule has 1 fully saturated rings. The van der Waals surface area contributed by atoms with Gasteiger partial charge in [0.05, 0.1) is 18.4 Å². The average molecular weight is 314 g/mol. The van der Waals surface area contributed by atoms with Crippen molar-refractivity contribution in [1.82, 2.24) is 14.7 Å². The molecule has 0 saturated carbocycles. The Morgan fingerprint density at radius 2 is 1.86 bits per heavy atom. The van der Waals surface area contributed by atoms with E-state index < -0.39 is 0 Å². The molecule has 0 unspecified atom stereocenters. The Labute approximate surface area is 138 Å². The molecule has 132 valence electrons. The molecule has 4 heteroatoms. The highest BCUT2D eigenvalue weighted by atomic mass is 16.5. The van der Waals surface area contributed by atoms with Gasteiger partial charge in [0.2, 0.25) is 0 Å². The summed E-state index contributed by atoms with van der Waals surface area (Å²) in [4.78, 5) is 2.41. The lowest BCUT2D eigenvalue weighted by Gasteiger charge is -2.29. The van der Waals surface area contributed by atoms with Crippen molar-refractivity contribution in [3.63, 3.8) is 0 Å². The van der Waals surface area contributed by atoms with Crippen LogP contribution in [0.2, 0.25) is 0 Å². The zero-order chi connectivity index (χ0) is 17.5. The molecule has 2 rings (SSSR count). The predicted molar refractivity (Wildman–Crippen MR) is 97.5 cm³/mol. The first kappa shape index (κ1) is 23.4. The summed E-state index contributed by atoms with van der Waals surface area (Å²) in [6.07, 6.45) is 2.41. The SMILES string of the molecule is CC.CC.CC(C)c1ccn(C)n1.CCN1CCO[C@H](C)C1. The smallest absolute Gasteiger partial charge is 0.0674 e. The first-order valence-electron chi connectivity index (χ1n) is 8.86. The Morgan fingerprint density at radius 3 is 2.14 bits per heavy atom. The van der Waals surface area contributed by atoms with E-state index >= 15 is 0 Å². The Kier molecular flexibility index (Phi) is 16.0. The maximum Gasteiger partial charge on any atom is 0.0674 e. The van der Waals surface area contributed by atoms with Gasteiger partial charge in [-0.2, -0.15) is 5.10 Å². The van der Waals surface area contributed by atoms with Crippen LogP contribution in [0.5, 0.6) is 0 Å². The quantitative estimate of drug-likeness (QED) is 0.814. The Bertz CT molecular complexity index is 337. The van der Waals surface area contributed by atoms with Crippen molar-refractivity contribution < 1.29 is 4.74 Å². The number of aryl methyl sites for hydroxylation is 1. The van der Waals surface area contributed by atoms with Crippen LogP contribution in [0.25, 0.3) is 0 Å². The van der Waals surface area contributed by atoms with E-state index in [4.69, 9.17) is 4.74 Å². The zero-order valence-electron chi connectivity index (χ0n) is 16.4. The van der Waals surface area contributed by atoms with Gasteiger partial charge >= 0.3 is 0 Å². The summed E-state index contributed by atoms with van der Waals surface area (Å²) in [6.45, 7) is 20.9. The topological polar surface area (TPSA) is 30.3 Å². The van der Waals surface area contributed by atoms with Gasteiger partial charge in [-0.1, -0.05) is 48.5 Å². The molecule has 1 aliphatic heterocycles. The average Bonchev–Trinajstić information content (AvgIpc) is 2.99. The molecule has 2 heterocycles. The first-order chi connectivity index (χ1) is 10.5. The van der Waals surface area contributed by atoms with Crippen molar-refractivity contribution in [1.29, 1.82) is 0 Å². The van der Waals surface area contributed by atoms with Gasteiger partial charge in [0.25, 0.3) is 0 Å². The second-order valence-corrected chi connectivity index (χ2v) is 5.14. The van der Waals surface area contributed by atoms with Gasteiger partial charge in [-0.25, -0.2) is 0 Å². The summed E-state index contributed by atoms with van der Waals surface area (Å²) in [6, 6.07) is 2.05. The van der Waals surface area contributed by atoms with Crippen LogP contribution in [0, 0.1) is 0 Å². The molecule has 0 amide bonds. The maximum atomic E-state index is 5.37. The number of aromatic nitrogens is 2. The third kappa shape index (κ3) is 10.8. The van der Waals surface area contributed by atoms with Crippen LogP contribution < -0.4 is 0 Å². The largest absolute Gasteiger partial charge is 0.376 e. The summed E-state index contributed by atoms with van der Waals surface area (Å²) in [5, 5.41) is 4.23. The van der Waals surface area contributed by atoms with Crippen LogP contribution in [0.15, 0.2) is 12.3 Å². The van der Waals surface area contributed by atoms with Crippen LogP contribution in [-0.4, -0.2) is 47.0 Å². The van der Waals surface area contributed by atoms with Crippen molar-refractivity contribution in [2.45, 2.75) is 67.4 Å². The number of likely N-dealkylation sites (N-methyl/N-ethyl adjacent to an activating group) is 1. The predicted octanol–water partition coefficient (Wildman–Crippen LogP) is 4.32. The van der Waals surface area contributed by atoms with Gasteiger partial charge in [-0.05, 0) is 25.5 Å². The van der Waals surface area contributed by atoms with Crippen LogP contribution >= 0.6 is 0 Å². The van der Waals surface area contributed by atoms with Gasteiger partial charge in [0.15, 0.2) is 0 Å². The van der Waals surface area contributed by atoms with Crippen LogP contribution in [-0.2, 0) is 11.8 Å². The molecule has 1 saturated heterocycles. The minimum Gasteiger partial charge on any atom is -0.376 e. The molecule has 0 aromatic carbocycles. The Morgan fingerprint density at radius 1 is 1.27 bits per heavy atom. The monoisotopic (exact) mass is 313 g/mol. The molecule has 1 aromatic rings. The second-order valence-electron chi connectivity index (χ2n) is 5.14. The Balaban J connectivity index is 0. The maximum absolute atomic E-state index is 5.37. The lowest BCUT2D eigenvalue weighted by Crippen LogP contribution is -2.40. The fourth-order valence-corrected chi connectivity index (χ4v) is 1.92. The highest BCUT2D eigenvalue weighted by molar-refractivity contribution is 5.03. The normalized spacial score (nSPS) is 17.5. The summed E-state index contributed by atoms with van der Waals surface area (Å²) in [7, 11) is 1.94. The van der Waals surface area contributed by atoms with Crippen molar-refractivity contribution in [2.75, 3.05) is 26.2 Å². The minimum atomic E-state index is 0.443. The lowest BCUT2D eigenvalue weighted by atomic mass is 10.1. The zero-order valence-corrected chi connectivity index (χ0v) is 16.4. The molecule has 1 aromatic heterocycles. The molecule has 22 heavy (non-hydrogen) atoms. The van der Waals surface area contributed by atoms with E-state index in [1.54, 1.807) is 0 Å². The molecular formula is C18H39N3O. The number of hydrogen-bond donors (Lipinski definition) is 0. The van der Waals surface area contributed by atoms with Gasteiger partial charge < -0.3 is 4.74 Å². The molecule has 0 aliphatic carbocycles. The standard InChI is InChI=1S/C7H12N2.C7H15NO.2C2H6/c1-6(2)7-4-5-9(3)8-7;1-3-8-4-5-9-7(2)6-8;2*1-2/h4-6H,1-3H3;7H,3-6H2,1-2H3;2*1-2H3/t;7-;;/m.1../s1. The van der Waals surface area contributed by atoms with Crippen LogP contribution in [0.1, 0.15) is 67.0 Å². The summed E-state index contributed by atoms with van der Waals surface area (Å²) in [5.74, 6) is 0.547. The molecule has 0 bridgehead atoms. The third-order valence-corrected chi connectivity index (χ3v) is 3.10. The van der Waals surface area contributed by atoms with Crippen molar-refractivity contribution >= 4 is 0 Å². The number of morpholine rings is 1. The molecule has 1 atom stereocenters. The second kappa shape index (κ2) is 15.0. The van der Waals surface area contributed by atoms with Crippen LogP contribution in [0.4, 0.5) is 0 Å². The van der Waals surface area contributed by atoms with E-state index in [0.717, 1.165) is 31.9 Å². The van der Waals surface area contributed by atoms with E-state index in [-0.39, 0.29) is 0 Å². The number of ether oxygens (including phenoxy) is 1. The molecule has 1 aliphatic rings. The number of hydrogen-bond acceptors (Lipinski definition) is 3. The van der Waals surface area contributed by atoms with E-state index in [1.165, 1.54) is 0 Å². The van der Waals surface area contributed by atoms with E-state index in [0.29, 0.717) is 12.0 Å². The summed E-state index contributed by atoms with van der Waals surface area (Å²) >= 11 is 0. The van der Waals surface area contributed by atoms with E-state index in [1.807, 2.05) is 51.7 Å². The third-order valence-electron chi connectivity index (χ3n) is 3.10. The van der Waals surface area contributed by atoms with Crippen molar-refractivity contribution in [3.8, 4) is 0 Å². The fraction of sp³-hybridized carbons (Fsp3) is 0.833. The van der Waals surface area contributed by atoms with Gasteiger partial charge in [-0.3, -0.25) is 9.58 Å². The number of rotatable bonds is 2. The van der Waals surface area contributed by atoms with Crippen LogP contribution in [0.3, 0.4) is 0 Å². The fourth-order valence-electron chi connectivity index (χ4n) is 1.92. The van der Waals surface area contributed by atoms with Crippen molar-refractivity contribution in [2.24, 2.45) is 7.05 Å². The molecule has 0 spiro atoms. The summed E-state index contributed by atoms with van der Waals surface area (Å²) in [5.41, 5.74) is 1.16.